The van der Waals surface area contributed by atoms with Crippen molar-refractivity contribution < 1.29 is 0 Å². The number of anilines is 1. The third kappa shape index (κ3) is 2.37. The van der Waals surface area contributed by atoms with Crippen LogP contribution in [-0.4, -0.2) is 44.8 Å². The van der Waals surface area contributed by atoms with Crippen LogP contribution in [0.15, 0.2) is 6.33 Å². The SMILES string of the molecule is CN(C)C1CCC(n2nc(I)c3c(N)ncnc32)CC1. The second kappa shape index (κ2) is 5.44. The van der Waals surface area contributed by atoms with Crippen LogP contribution in [0.3, 0.4) is 0 Å². The maximum Gasteiger partial charge on any atom is 0.164 e. The predicted octanol–water partition coefficient (Wildman–Crippen LogP) is 2.06. The Hall–Kier alpha value is -0.960. The molecule has 7 heteroatoms. The first-order valence-corrected chi connectivity index (χ1v) is 7.96. The van der Waals surface area contributed by atoms with E-state index in [1.807, 2.05) is 0 Å². The lowest BCUT2D eigenvalue weighted by Gasteiger charge is -2.32. The first kappa shape index (κ1) is 14.0. The number of nitrogens with two attached hydrogens (primary N) is 1. The molecule has 2 aromatic rings. The van der Waals surface area contributed by atoms with E-state index in [1.165, 1.54) is 19.2 Å². The number of halogens is 1. The largest absolute Gasteiger partial charge is 0.383 e. The molecule has 2 aromatic heterocycles. The quantitative estimate of drug-likeness (QED) is 0.800. The molecule has 1 fully saturated rings. The number of aromatic nitrogens is 4. The summed E-state index contributed by atoms with van der Waals surface area (Å²) in [5.41, 5.74) is 6.82. The molecule has 0 saturated heterocycles. The van der Waals surface area contributed by atoms with Gasteiger partial charge in [0.15, 0.2) is 5.65 Å². The lowest BCUT2D eigenvalue weighted by molar-refractivity contribution is 0.191. The zero-order valence-electron chi connectivity index (χ0n) is 11.8. The Kier molecular flexibility index (Phi) is 3.80. The Bertz CT molecular complexity index is 615. The van der Waals surface area contributed by atoms with Gasteiger partial charge >= 0.3 is 0 Å². The van der Waals surface area contributed by atoms with E-state index in [0.717, 1.165) is 27.6 Å². The van der Waals surface area contributed by atoms with Crippen molar-refractivity contribution in [1.29, 1.82) is 0 Å². The predicted molar refractivity (Wildman–Crippen MR) is 87.4 cm³/mol. The van der Waals surface area contributed by atoms with Crippen LogP contribution < -0.4 is 5.73 Å². The van der Waals surface area contributed by atoms with Crippen molar-refractivity contribution in [2.45, 2.75) is 37.8 Å². The highest BCUT2D eigenvalue weighted by molar-refractivity contribution is 14.1. The molecule has 0 unspecified atom stereocenters. The summed E-state index contributed by atoms with van der Waals surface area (Å²) >= 11 is 2.22. The van der Waals surface area contributed by atoms with Crippen LogP contribution in [0.2, 0.25) is 0 Å². The van der Waals surface area contributed by atoms with E-state index in [2.05, 4.69) is 61.3 Å². The van der Waals surface area contributed by atoms with Crippen LogP contribution in [0.4, 0.5) is 5.82 Å². The van der Waals surface area contributed by atoms with Crippen LogP contribution in [0.5, 0.6) is 0 Å². The number of rotatable bonds is 2. The first-order valence-electron chi connectivity index (χ1n) is 6.88. The fraction of sp³-hybridized carbons (Fsp3) is 0.615. The molecule has 2 N–H and O–H groups in total. The number of nitrogens with zero attached hydrogens (tertiary/aromatic N) is 5. The van der Waals surface area contributed by atoms with E-state index < -0.39 is 0 Å². The molecule has 0 aliphatic heterocycles. The second-order valence-corrected chi connectivity index (χ2v) is 6.64. The van der Waals surface area contributed by atoms with Crippen molar-refractivity contribution in [3.05, 3.63) is 10.0 Å². The monoisotopic (exact) mass is 386 g/mol. The Labute approximate surface area is 131 Å². The molecule has 0 aromatic carbocycles. The molecule has 0 amide bonds. The molecule has 1 aliphatic rings. The zero-order valence-corrected chi connectivity index (χ0v) is 13.9. The molecule has 0 spiro atoms. The second-order valence-electron chi connectivity index (χ2n) is 5.62. The van der Waals surface area contributed by atoms with E-state index in [0.29, 0.717) is 17.9 Å². The van der Waals surface area contributed by atoms with Gasteiger partial charge in [0.25, 0.3) is 0 Å². The van der Waals surface area contributed by atoms with Crippen molar-refractivity contribution in [3.63, 3.8) is 0 Å². The Balaban J connectivity index is 1.91. The molecule has 1 aliphatic carbocycles. The molecule has 0 bridgehead atoms. The van der Waals surface area contributed by atoms with Gasteiger partial charge in [-0.1, -0.05) is 0 Å². The highest BCUT2D eigenvalue weighted by Crippen LogP contribution is 2.33. The van der Waals surface area contributed by atoms with E-state index in [9.17, 15) is 0 Å². The van der Waals surface area contributed by atoms with E-state index in [1.54, 1.807) is 0 Å². The molecule has 0 radical (unpaired) electrons. The lowest BCUT2D eigenvalue weighted by Crippen LogP contribution is -2.33. The summed E-state index contributed by atoms with van der Waals surface area (Å²) in [4.78, 5) is 10.8. The zero-order chi connectivity index (χ0) is 14.3. The van der Waals surface area contributed by atoms with Crippen LogP contribution in [0.25, 0.3) is 11.0 Å². The summed E-state index contributed by atoms with van der Waals surface area (Å²) in [6.45, 7) is 0. The molecule has 0 atom stereocenters. The minimum Gasteiger partial charge on any atom is -0.383 e. The van der Waals surface area contributed by atoms with Crippen molar-refractivity contribution in [3.8, 4) is 0 Å². The minimum absolute atomic E-state index is 0.423. The summed E-state index contributed by atoms with van der Waals surface area (Å²) in [7, 11) is 4.32. The van der Waals surface area contributed by atoms with Gasteiger partial charge in [-0.3, -0.25) is 0 Å². The maximum atomic E-state index is 5.95. The standard InChI is InChI=1S/C13H19IN6/c1-19(2)8-3-5-9(6-4-8)20-13-10(11(14)18-20)12(15)16-7-17-13/h7-9H,3-6H2,1-2H3,(H2,15,16,17). The summed E-state index contributed by atoms with van der Waals surface area (Å²) in [6.07, 6.45) is 6.21. The third-order valence-corrected chi connectivity index (χ3v) is 4.97. The number of nitrogen functional groups attached to an aromatic ring is 1. The molecular formula is C13H19IN6. The third-order valence-electron chi connectivity index (χ3n) is 4.22. The minimum atomic E-state index is 0.423. The molecule has 108 valence electrons. The highest BCUT2D eigenvalue weighted by Gasteiger charge is 2.26. The van der Waals surface area contributed by atoms with Crippen molar-refractivity contribution >= 4 is 39.4 Å². The lowest BCUT2D eigenvalue weighted by atomic mass is 9.90. The van der Waals surface area contributed by atoms with Gasteiger partial charge in [-0.15, -0.1) is 0 Å². The smallest absolute Gasteiger partial charge is 0.164 e. The molecule has 1 saturated carbocycles. The summed E-state index contributed by atoms with van der Waals surface area (Å²) < 4.78 is 2.95. The fourth-order valence-electron chi connectivity index (χ4n) is 3.03. The van der Waals surface area contributed by atoms with Gasteiger partial charge in [0.05, 0.1) is 11.4 Å². The van der Waals surface area contributed by atoms with Gasteiger partial charge in [-0.25, -0.2) is 14.6 Å². The van der Waals surface area contributed by atoms with Gasteiger partial charge in [0.1, 0.15) is 15.8 Å². The van der Waals surface area contributed by atoms with Crippen LogP contribution >= 0.6 is 22.6 Å². The normalized spacial score (nSPS) is 23.6. The Morgan fingerprint density at radius 2 is 1.95 bits per heavy atom. The van der Waals surface area contributed by atoms with Crippen LogP contribution in [-0.2, 0) is 0 Å². The van der Waals surface area contributed by atoms with Crippen LogP contribution in [0, 0.1) is 3.70 Å². The maximum absolute atomic E-state index is 5.95. The van der Waals surface area contributed by atoms with Gasteiger partial charge in [-0.2, -0.15) is 5.10 Å². The van der Waals surface area contributed by atoms with Crippen molar-refractivity contribution in [2.75, 3.05) is 19.8 Å². The van der Waals surface area contributed by atoms with Crippen LogP contribution in [0.1, 0.15) is 31.7 Å². The van der Waals surface area contributed by atoms with Gasteiger partial charge in [0, 0.05) is 6.04 Å². The van der Waals surface area contributed by atoms with Gasteiger partial charge in [0.2, 0.25) is 0 Å². The number of fused-ring (bicyclic) bond motifs is 1. The molecule has 3 rings (SSSR count). The average molecular weight is 386 g/mol. The molecule has 2 heterocycles. The summed E-state index contributed by atoms with van der Waals surface area (Å²) in [5.74, 6) is 0.521. The van der Waals surface area contributed by atoms with E-state index in [-0.39, 0.29) is 0 Å². The Morgan fingerprint density at radius 1 is 1.25 bits per heavy atom. The Morgan fingerprint density at radius 3 is 2.60 bits per heavy atom. The van der Waals surface area contributed by atoms with Gasteiger partial charge in [-0.05, 0) is 62.4 Å². The van der Waals surface area contributed by atoms with E-state index >= 15 is 0 Å². The first-order chi connectivity index (χ1) is 9.58. The van der Waals surface area contributed by atoms with Crippen molar-refractivity contribution in [2.24, 2.45) is 0 Å². The molecule has 6 nitrogen and oxygen atoms in total. The highest BCUT2D eigenvalue weighted by atomic mass is 127. The number of hydrogen-bond acceptors (Lipinski definition) is 5. The molecule has 20 heavy (non-hydrogen) atoms. The van der Waals surface area contributed by atoms with E-state index in [4.69, 9.17) is 5.73 Å². The topological polar surface area (TPSA) is 72.9 Å². The average Bonchev–Trinajstić information content (AvgIpc) is 2.77. The molecular weight excluding hydrogens is 367 g/mol. The summed E-state index contributed by atoms with van der Waals surface area (Å²) in [5, 5.41) is 5.54. The summed E-state index contributed by atoms with van der Waals surface area (Å²) in [6, 6.07) is 1.11. The fourth-order valence-corrected chi connectivity index (χ4v) is 3.78. The van der Waals surface area contributed by atoms with Gasteiger partial charge < -0.3 is 10.6 Å². The number of hydrogen-bond donors (Lipinski definition) is 1. The van der Waals surface area contributed by atoms with Crippen molar-refractivity contribution in [1.82, 2.24) is 24.6 Å².